The van der Waals surface area contributed by atoms with Crippen LogP contribution in [0.15, 0.2) is 30.0 Å². The molecule has 0 amide bonds. The molecule has 5 nitrogen and oxygen atoms in total. The van der Waals surface area contributed by atoms with Gasteiger partial charge in [-0.05, 0) is 47.4 Å². The summed E-state index contributed by atoms with van der Waals surface area (Å²) in [6.07, 6.45) is 7.20. The predicted octanol–water partition coefficient (Wildman–Crippen LogP) is 2.49. The van der Waals surface area contributed by atoms with Gasteiger partial charge in [0.15, 0.2) is 5.69 Å². The number of benzene rings is 1. The van der Waals surface area contributed by atoms with Gasteiger partial charge in [0.05, 0.1) is 12.7 Å². The van der Waals surface area contributed by atoms with E-state index in [-0.39, 0.29) is 5.69 Å². The van der Waals surface area contributed by atoms with Crippen molar-refractivity contribution in [1.29, 1.82) is 0 Å². The van der Waals surface area contributed by atoms with Crippen LogP contribution in [-0.4, -0.2) is 26.1 Å². The highest BCUT2D eigenvalue weighted by molar-refractivity contribution is 5.84. The molecule has 1 N–H and O–H groups in total. The van der Waals surface area contributed by atoms with E-state index in [0.29, 0.717) is 6.54 Å². The maximum atomic E-state index is 10.8. The third-order valence-electron chi connectivity index (χ3n) is 4.12. The van der Waals surface area contributed by atoms with Gasteiger partial charge in [-0.25, -0.2) is 9.48 Å². The number of hydrogen-bond donors (Lipinski definition) is 1. The van der Waals surface area contributed by atoms with Crippen LogP contribution in [0.1, 0.15) is 45.9 Å². The zero-order chi connectivity index (χ0) is 14.4. The lowest BCUT2D eigenvalue weighted by Gasteiger charge is -2.03. The van der Waals surface area contributed by atoms with E-state index in [1.807, 2.05) is 0 Å². The summed E-state index contributed by atoms with van der Waals surface area (Å²) >= 11 is 0. The minimum Gasteiger partial charge on any atom is -0.476 e. The van der Waals surface area contributed by atoms with Crippen LogP contribution in [0.2, 0.25) is 0 Å². The Labute approximate surface area is 121 Å². The molecule has 1 saturated carbocycles. The van der Waals surface area contributed by atoms with E-state index in [1.165, 1.54) is 41.3 Å². The molecule has 106 valence electrons. The van der Waals surface area contributed by atoms with Crippen LogP contribution >= 0.6 is 0 Å². The standard InChI is InChI=1S/C16H15N3O2/c20-16(21)15-9-19(18-17-15)8-10-5-12-3-4-13(11-1-2-11)7-14(12)6-10/h3-4,6-7,9,11H,1-2,5,8H2,(H,20,21). The highest BCUT2D eigenvalue weighted by atomic mass is 16.4. The van der Waals surface area contributed by atoms with Crippen molar-refractivity contribution in [3.05, 3.63) is 52.4 Å². The highest BCUT2D eigenvalue weighted by Gasteiger charge is 2.24. The molecule has 0 radical (unpaired) electrons. The van der Waals surface area contributed by atoms with Crippen molar-refractivity contribution in [3.8, 4) is 0 Å². The van der Waals surface area contributed by atoms with Crippen molar-refractivity contribution in [3.63, 3.8) is 0 Å². The molecule has 21 heavy (non-hydrogen) atoms. The summed E-state index contributed by atoms with van der Waals surface area (Å²) in [7, 11) is 0. The van der Waals surface area contributed by atoms with Crippen LogP contribution in [0.5, 0.6) is 0 Å². The summed E-state index contributed by atoms with van der Waals surface area (Å²) in [5.74, 6) is -0.278. The molecule has 1 fully saturated rings. The quantitative estimate of drug-likeness (QED) is 0.935. The molecule has 0 spiro atoms. The Hall–Kier alpha value is -2.43. The number of aromatic carboxylic acids is 1. The number of rotatable bonds is 4. The molecule has 0 atom stereocenters. The predicted molar refractivity (Wildman–Crippen MR) is 77.1 cm³/mol. The van der Waals surface area contributed by atoms with Gasteiger partial charge in [-0.15, -0.1) is 5.10 Å². The molecule has 0 saturated heterocycles. The van der Waals surface area contributed by atoms with Crippen LogP contribution in [0.4, 0.5) is 0 Å². The van der Waals surface area contributed by atoms with Gasteiger partial charge in [-0.1, -0.05) is 29.5 Å². The first kappa shape index (κ1) is 12.3. The molecule has 2 aliphatic carbocycles. The van der Waals surface area contributed by atoms with Gasteiger partial charge in [0, 0.05) is 0 Å². The zero-order valence-electron chi connectivity index (χ0n) is 11.5. The molecule has 2 aromatic rings. The average Bonchev–Trinajstić information content (AvgIpc) is 3.07. The summed E-state index contributed by atoms with van der Waals surface area (Å²) in [4.78, 5) is 10.8. The number of allylic oxidation sites excluding steroid dienone is 1. The van der Waals surface area contributed by atoms with Crippen molar-refractivity contribution in [2.75, 3.05) is 0 Å². The molecule has 1 aromatic carbocycles. The molecule has 5 heteroatoms. The van der Waals surface area contributed by atoms with Crippen LogP contribution in [0.25, 0.3) is 6.08 Å². The van der Waals surface area contributed by atoms with E-state index < -0.39 is 5.97 Å². The number of fused-ring (bicyclic) bond motifs is 1. The summed E-state index contributed by atoms with van der Waals surface area (Å²) in [6, 6.07) is 6.76. The zero-order valence-corrected chi connectivity index (χ0v) is 11.5. The highest BCUT2D eigenvalue weighted by Crippen LogP contribution is 2.41. The van der Waals surface area contributed by atoms with Crippen LogP contribution in [-0.2, 0) is 13.0 Å². The molecule has 2 aliphatic rings. The van der Waals surface area contributed by atoms with Crippen LogP contribution in [0, 0.1) is 0 Å². The van der Waals surface area contributed by atoms with Gasteiger partial charge in [-0.3, -0.25) is 0 Å². The number of hydrogen-bond acceptors (Lipinski definition) is 3. The van der Waals surface area contributed by atoms with E-state index in [4.69, 9.17) is 5.11 Å². The monoisotopic (exact) mass is 281 g/mol. The Morgan fingerprint density at radius 1 is 1.38 bits per heavy atom. The minimum atomic E-state index is -1.04. The molecule has 1 aromatic heterocycles. The first-order chi connectivity index (χ1) is 10.2. The minimum absolute atomic E-state index is 0.0119. The molecular weight excluding hydrogens is 266 g/mol. The Morgan fingerprint density at radius 2 is 2.24 bits per heavy atom. The van der Waals surface area contributed by atoms with Crippen molar-refractivity contribution in [2.24, 2.45) is 0 Å². The van der Waals surface area contributed by atoms with E-state index in [9.17, 15) is 4.79 Å². The van der Waals surface area contributed by atoms with Gasteiger partial charge in [0.1, 0.15) is 0 Å². The van der Waals surface area contributed by atoms with E-state index in [1.54, 1.807) is 4.68 Å². The first-order valence-corrected chi connectivity index (χ1v) is 7.15. The third kappa shape index (κ3) is 2.35. The summed E-state index contributed by atoms with van der Waals surface area (Å²) in [5.41, 5.74) is 5.31. The van der Waals surface area contributed by atoms with E-state index in [0.717, 1.165) is 12.3 Å². The Morgan fingerprint density at radius 3 is 2.95 bits per heavy atom. The lowest BCUT2D eigenvalue weighted by molar-refractivity contribution is 0.0690. The normalized spacial score (nSPS) is 16.7. The number of carboxylic acids is 1. The SMILES string of the molecule is O=C(O)c1cn(CC2=Cc3cc(C4CC4)ccc3C2)nn1. The molecule has 0 bridgehead atoms. The van der Waals surface area contributed by atoms with Crippen molar-refractivity contribution < 1.29 is 9.90 Å². The fourth-order valence-electron chi connectivity index (χ4n) is 2.88. The van der Waals surface area contributed by atoms with E-state index >= 15 is 0 Å². The molecule has 1 heterocycles. The molecule has 0 aliphatic heterocycles. The first-order valence-electron chi connectivity index (χ1n) is 7.15. The fourth-order valence-corrected chi connectivity index (χ4v) is 2.88. The van der Waals surface area contributed by atoms with Gasteiger partial charge in [0.25, 0.3) is 0 Å². The molecular formula is C16H15N3O2. The van der Waals surface area contributed by atoms with Gasteiger partial charge < -0.3 is 5.11 Å². The van der Waals surface area contributed by atoms with Crippen LogP contribution < -0.4 is 0 Å². The summed E-state index contributed by atoms with van der Waals surface area (Å²) in [5, 5.41) is 16.4. The lowest BCUT2D eigenvalue weighted by Crippen LogP contribution is -2.02. The summed E-state index contributed by atoms with van der Waals surface area (Å²) in [6.45, 7) is 0.591. The number of carboxylic acid groups (broad SMARTS) is 1. The Kier molecular flexibility index (Phi) is 2.67. The van der Waals surface area contributed by atoms with Crippen LogP contribution in [0.3, 0.4) is 0 Å². The van der Waals surface area contributed by atoms with Gasteiger partial charge >= 0.3 is 5.97 Å². The largest absolute Gasteiger partial charge is 0.476 e. The second-order valence-corrected chi connectivity index (χ2v) is 5.82. The Bertz CT molecular complexity index is 757. The number of aromatic nitrogens is 3. The molecule has 0 unspecified atom stereocenters. The third-order valence-corrected chi connectivity index (χ3v) is 4.12. The molecule has 4 rings (SSSR count). The van der Waals surface area contributed by atoms with Crippen molar-refractivity contribution in [2.45, 2.75) is 31.7 Å². The van der Waals surface area contributed by atoms with E-state index in [2.05, 4.69) is 34.6 Å². The van der Waals surface area contributed by atoms with Crippen molar-refractivity contribution >= 4 is 12.0 Å². The fraction of sp³-hybridized carbons (Fsp3) is 0.312. The van der Waals surface area contributed by atoms with Crippen molar-refractivity contribution in [1.82, 2.24) is 15.0 Å². The Balaban J connectivity index is 1.53. The summed E-state index contributed by atoms with van der Waals surface area (Å²) < 4.78 is 1.59. The smallest absolute Gasteiger partial charge is 0.358 e. The van der Waals surface area contributed by atoms with Gasteiger partial charge in [0.2, 0.25) is 0 Å². The maximum absolute atomic E-state index is 10.8. The number of nitrogens with zero attached hydrogens (tertiary/aromatic N) is 3. The average molecular weight is 281 g/mol. The maximum Gasteiger partial charge on any atom is 0.358 e. The second kappa shape index (κ2) is 4.55. The topological polar surface area (TPSA) is 68.0 Å². The van der Waals surface area contributed by atoms with Gasteiger partial charge in [-0.2, -0.15) is 0 Å². The number of carbonyl (C=O) groups is 1. The second-order valence-electron chi connectivity index (χ2n) is 5.82. The lowest BCUT2D eigenvalue weighted by atomic mass is 10.0.